The lowest BCUT2D eigenvalue weighted by Crippen LogP contribution is -2.62. The van der Waals surface area contributed by atoms with Gasteiger partial charge >= 0.3 is 0 Å². The van der Waals surface area contributed by atoms with E-state index < -0.39 is 0 Å². The Balaban J connectivity index is 0.982. The van der Waals surface area contributed by atoms with E-state index in [1.165, 1.54) is 128 Å². The predicted octanol–water partition coefficient (Wildman–Crippen LogP) is 24.5. The van der Waals surface area contributed by atoms with Crippen LogP contribution in [0.25, 0.3) is 44.2 Å². The minimum absolute atomic E-state index is 0.0199. The number of rotatable bonds is 6. The van der Waals surface area contributed by atoms with E-state index in [0.29, 0.717) is 0 Å². The molecule has 3 heterocycles. The number of anilines is 9. The Morgan fingerprint density at radius 2 is 0.760 bits per heavy atom. The van der Waals surface area contributed by atoms with E-state index in [2.05, 4.69) is 321 Å². The van der Waals surface area contributed by atoms with Gasteiger partial charge in [0.1, 0.15) is 11.3 Å². The van der Waals surface area contributed by atoms with Crippen LogP contribution in [0, 0.1) is 0 Å². The minimum Gasteiger partial charge on any atom is -0.456 e. The largest absolute Gasteiger partial charge is 0.456 e. The summed E-state index contributed by atoms with van der Waals surface area (Å²) in [6.45, 7) is 44.9. The van der Waals surface area contributed by atoms with Crippen molar-refractivity contribution in [2.75, 3.05) is 14.7 Å². The second-order valence-electron chi connectivity index (χ2n) is 37.5. The summed E-state index contributed by atoms with van der Waals surface area (Å²) < 4.78 is 6.64. The fourth-order valence-corrected chi connectivity index (χ4v) is 20.2. The van der Waals surface area contributed by atoms with Crippen molar-refractivity contribution < 1.29 is 4.42 Å². The van der Waals surface area contributed by atoms with Crippen LogP contribution in [-0.4, -0.2) is 6.71 Å². The van der Waals surface area contributed by atoms with Gasteiger partial charge in [-0.3, -0.25) is 0 Å². The second-order valence-corrected chi connectivity index (χ2v) is 37.5. The van der Waals surface area contributed by atoms with Crippen molar-refractivity contribution in [1.82, 2.24) is 0 Å². The van der Waals surface area contributed by atoms with Gasteiger partial charge in [-0.1, -0.05) is 210 Å². The molecule has 5 aliphatic carbocycles. The fraction of sp³-hybridized carbons (Fsp3) is 0.368. The molecule has 11 aromatic rings. The van der Waals surface area contributed by atoms with Crippen LogP contribution >= 0.6 is 0 Å². The standard InChI is InChI=1S/C95H100BN3O/c1-87(2)39-41-89(5,6)71-49-62(33-37-67(71)87)98-79-55-75-73(91(9,10)43-45-93(75,13)14)53-77(79)96-78-54-74-76(94(15,16)46-44-92(74,11)12)56-80(78)99(63-34-38-68-72(50-63)90(7,8)42-40-88(68,3)4)82-52-64(51-81(98)86(82)96)97(60-30-27-58(28-31-60)84-47-59-24-20-22-26-83(59)100-84)61-32-35-66-70(48-61)95(17,18)69-36-29-57-23-19-21-25-65(57)85(66)69/h19-38,47-56H,39-46H2,1-18H3. The Morgan fingerprint density at radius 1 is 0.330 bits per heavy atom. The highest BCUT2D eigenvalue weighted by Gasteiger charge is 2.51. The van der Waals surface area contributed by atoms with Crippen molar-refractivity contribution >= 4 is 96.0 Å². The molecule has 0 saturated carbocycles. The van der Waals surface area contributed by atoms with Crippen LogP contribution in [0.5, 0.6) is 0 Å². The first-order valence-corrected chi connectivity index (χ1v) is 37.8. The number of fused-ring (bicyclic) bond motifs is 14. The molecule has 0 amide bonds. The molecule has 4 nitrogen and oxygen atoms in total. The number of nitrogens with zero attached hydrogens (tertiary/aromatic N) is 3. The van der Waals surface area contributed by atoms with Gasteiger partial charge in [0.15, 0.2) is 0 Å². The molecule has 2 aliphatic heterocycles. The van der Waals surface area contributed by atoms with Crippen molar-refractivity contribution in [3.8, 4) is 22.5 Å². The maximum absolute atomic E-state index is 6.64. The van der Waals surface area contributed by atoms with Crippen LogP contribution in [0.1, 0.15) is 232 Å². The summed E-state index contributed by atoms with van der Waals surface area (Å²) in [6.07, 6.45) is 9.15. The van der Waals surface area contributed by atoms with Crippen LogP contribution in [-0.2, 0) is 48.7 Å². The molecule has 0 atom stereocenters. The van der Waals surface area contributed by atoms with Crippen LogP contribution in [0.3, 0.4) is 0 Å². The highest BCUT2D eigenvalue weighted by molar-refractivity contribution is 7.00. The van der Waals surface area contributed by atoms with E-state index in [1.807, 2.05) is 0 Å². The summed E-state index contributed by atoms with van der Waals surface area (Å²) in [7, 11) is 0. The first kappa shape index (κ1) is 63.6. The molecular formula is C95H100BN3O. The van der Waals surface area contributed by atoms with Gasteiger partial charge in [0.05, 0.1) is 5.69 Å². The summed E-state index contributed by atoms with van der Waals surface area (Å²) in [5, 5.41) is 3.69. The van der Waals surface area contributed by atoms with Gasteiger partial charge in [0.2, 0.25) is 0 Å². The first-order chi connectivity index (χ1) is 47.2. The normalized spacial score (nSPS) is 20.2. The van der Waals surface area contributed by atoms with Gasteiger partial charge in [0, 0.05) is 61.9 Å². The third-order valence-electron chi connectivity index (χ3n) is 27.1. The molecule has 0 saturated heterocycles. The van der Waals surface area contributed by atoms with Crippen LogP contribution in [0.2, 0.25) is 0 Å². The zero-order chi connectivity index (χ0) is 69.7. The van der Waals surface area contributed by atoms with Crippen molar-refractivity contribution in [2.24, 2.45) is 0 Å². The van der Waals surface area contributed by atoms with E-state index >= 15 is 0 Å². The lowest BCUT2D eigenvalue weighted by atomic mass is 9.32. The van der Waals surface area contributed by atoms with Crippen LogP contribution in [0.4, 0.5) is 51.2 Å². The SMILES string of the molecule is CC1(C)CCC(C)(C)c2cc(N3c4cc5c(cc4B4c6cc7c(cc6N(c6ccc8c(c6)C(C)(C)CCC8(C)C)c6cc(N(c8ccc(-c9cc%10ccccc%10o9)cc8)c8ccc9c(c8)C(C)(C)c8ccc%10ccccc%10c8-9)cc3c64)C(C)(C)CCC7(C)C)C(C)(C)CCC5(C)C)ccc21. The molecule has 10 aromatic carbocycles. The number of furan rings is 1. The summed E-state index contributed by atoms with van der Waals surface area (Å²) in [6, 6.07) is 72.6. The third-order valence-corrected chi connectivity index (χ3v) is 27.1. The molecule has 100 heavy (non-hydrogen) atoms. The monoisotopic (exact) mass is 1310 g/mol. The van der Waals surface area contributed by atoms with Gasteiger partial charge in [-0.05, 0) is 286 Å². The van der Waals surface area contributed by atoms with E-state index in [9.17, 15) is 0 Å². The lowest BCUT2D eigenvalue weighted by Gasteiger charge is -2.49. The Kier molecular flexibility index (Phi) is 13.3. The molecule has 0 radical (unpaired) electrons. The quantitative estimate of drug-likeness (QED) is 0.155. The van der Waals surface area contributed by atoms with Gasteiger partial charge in [-0.15, -0.1) is 0 Å². The van der Waals surface area contributed by atoms with Gasteiger partial charge < -0.3 is 19.1 Å². The van der Waals surface area contributed by atoms with Crippen molar-refractivity contribution in [3.63, 3.8) is 0 Å². The van der Waals surface area contributed by atoms with Crippen molar-refractivity contribution in [1.29, 1.82) is 0 Å². The van der Waals surface area contributed by atoms with Crippen LogP contribution in [0.15, 0.2) is 186 Å². The molecule has 504 valence electrons. The molecule has 18 rings (SSSR count). The van der Waals surface area contributed by atoms with Crippen LogP contribution < -0.4 is 31.1 Å². The Hall–Kier alpha value is -8.54. The zero-order valence-corrected chi connectivity index (χ0v) is 62.8. The van der Waals surface area contributed by atoms with Gasteiger partial charge in [-0.2, -0.15) is 0 Å². The predicted molar refractivity (Wildman–Crippen MR) is 427 cm³/mol. The van der Waals surface area contributed by atoms with E-state index in [0.717, 1.165) is 90.7 Å². The summed E-state index contributed by atoms with van der Waals surface area (Å²) >= 11 is 0. The number of benzene rings is 10. The van der Waals surface area contributed by atoms with Gasteiger partial charge in [0.25, 0.3) is 6.71 Å². The average molecular weight is 1310 g/mol. The highest BCUT2D eigenvalue weighted by Crippen LogP contribution is 2.59. The average Bonchev–Trinajstić information content (AvgIpc) is 0.899. The van der Waals surface area contributed by atoms with Crippen molar-refractivity contribution in [2.45, 2.75) is 225 Å². The zero-order valence-electron chi connectivity index (χ0n) is 62.8. The maximum atomic E-state index is 6.64. The Morgan fingerprint density at radius 3 is 1.26 bits per heavy atom. The van der Waals surface area contributed by atoms with Gasteiger partial charge in [-0.25, -0.2) is 0 Å². The first-order valence-electron chi connectivity index (χ1n) is 37.8. The van der Waals surface area contributed by atoms with E-state index in [-0.39, 0.29) is 55.4 Å². The molecule has 0 N–H and O–H groups in total. The lowest BCUT2D eigenvalue weighted by molar-refractivity contribution is 0.332. The third kappa shape index (κ3) is 9.23. The Bertz CT molecular complexity index is 5100. The van der Waals surface area contributed by atoms with E-state index in [4.69, 9.17) is 4.42 Å². The molecule has 0 spiro atoms. The topological polar surface area (TPSA) is 22.9 Å². The van der Waals surface area contributed by atoms with E-state index in [1.54, 1.807) is 0 Å². The molecule has 1 aromatic heterocycles. The second kappa shape index (κ2) is 20.8. The van der Waals surface area contributed by atoms with Crippen molar-refractivity contribution in [3.05, 3.63) is 238 Å². The smallest absolute Gasteiger partial charge is 0.252 e. The maximum Gasteiger partial charge on any atom is 0.252 e. The number of para-hydroxylation sites is 1. The summed E-state index contributed by atoms with van der Waals surface area (Å²) in [5.41, 5.74) is 33.9. The molecule has 0 bridgehead atoms. The molecule has 0 fully saturated rings. The highest BCUT2D eigenvalue weighted by atomic mass is 16.3. The number of hydrogen-bond acceptors (Lipinski definition) is 4. The fourth-order valence-electron chi connectivity index (χ4n) is 20.2. The Labute approximate surface area is 596 Å². The molecular weight excluding hydrogens is 1210 g/mol. The molecule has 5 heteroatoms. The minimum atomic E-state index is -0.274. The molecule has 7 aliphatic rings. The summed E-state index contributed by atoms with van der Waals surface area (Å²) in [5.74, 6) is 0.868. The number of hydrogen-bond donors (Lipinski definition) is 0. The summed E-state index contributed by atoms with van der Waals surface area (Å²) in [4.78, 5) is 8.18. The molecule has 0 unspecified atom stereocenters.